The molecule has 1 aliphatic rings. The summed E-state index contributed by atoms with van der Waals surface area (Å²) in [4.78, 5) is 14.6. The van der Waals surface area contributed by atoms with Crippen LogP contribution < -0.4 is 10.0 Å². The summed E-state index contributed by atoms with van der Waals surface area (Å²) in [5.74, 6) is -0.0840. The third kappa shape index (κ3) is 4.05. The number of hydrogen-bond acceptors (Lipinski definition) is 4. The molecule has 1 fully saturated rings. The Hall–Kier alpha value is -2.38. The summed E-state index contributed by atoms with van der Waals surface area (Å²) >= 11 is 0. The van der Waals surface area contributed by atoms with Gasteiger partial charge in [0.2, 0.25) is 0 Å². The zero-order chi connectivity index (χ0) is 18.7. The van der Waals surface area contributed by atoms with E-state index in [0.717, 1.165) is 18.7 Å². The number of sulfonamides is 1. The lowest BCUT2D eigenvalue weighted by Crippen LogP contribution is -2.46. The third-order valence-corrected chi connectivity index (χ3v) is 5.92. The highest BCUT2D eigenvalue weighted by atomic mass is 32.2. The minimum absolute atomic E-state index is 0.0840. The average molecular weight is 373 g/mol. The van der Waals surface area contributed by atoms with E-state index in [-0.39, 0.29) is 10.8 Å². The molecule has 0 aliphatic carbocycles. The fraction of sp³-hybridized carbons (Fsp3) is 0.316. The van der Waals surface area contributed by atoms with Crippen molar-refractivity contribution in [3.8, 4) is 0 Å². The second-order valence-electron chi connectivity index (χ2n) is 6.50. The Balaban J connectivity index is 1.84. The smallest absolute Gasteiger partial charge is 0.262 e. The van der Waals surface area contributed by atoms with Crippen LogP contribution in [0.1, 0.15) is 21.5 Å². The number of carbonyl (C=O) groups is 1. The maximum Gasteiger partial charge on any atom is 0.262 e. The Bertz CT molecular complexity index is 919. The summed E-state index contributed by atoms with van der Waals surface area (Å²) in [5.41, 5.74) is 2.41. The fourth-order valence-electron chi connectivity index (χ4n) is 2.97. The molecule has 0 atom stereocenters. The fourth-order valence-corrected chi connectivity index (χ4v) is 4.35. The van der Waals surface area contributed by atoms with E-state index in [9.17, 15) is 13.2 Å². The maximum absolute atomic E-state index is 12.7. The Labute approximate surface area is 154 Å². The number of benzene rings is 2. The van der Waals surface area contributed by atoms with Gasteiger partial charge in [-0.25, -0.2) is 8.42 Å². The predicted octanol–water partition coefficient (Wildman–Crippen LogP) is 2.15. The van der Waals surface area contributed by atoms with Crippen LogP contribution in [0.2, 0.25) is 0 Å². The lowest BCUT2D eigenvalue weighted by molar-refractivity contribution is 0.0736. The van der Waals surface area contributed by atoms with Gasteiger partial charge in [0.25, 0.3) is 15.9 Å². The molecule has 26 heavy (non-hydrogen) atoms. The molecule has 6 nitrogen and oxygen atoms in total. The van der Waals surface area contributed by atoms with Crippen LogP contribution in [0.15, 0.2) is 47.4 Å². The number of nitrogens with one attached hydrogen (secondary N) is 2. The standard InChI is InChI=1S/C19H23N3O3S/c1-14-6-7-15(2)18(12-14)26(24,25)21-17-5-3-4-16(13-17)19(23)22-10-8-20-9-11-22/h3-7,12-13,20-21H,8-11H2,1-2H3. The minimum atomic E-state index is -3.72. The van der Waals surface area contributed by atoms with Gasteiger partial charge in [0.05, 0.1) is 4.90 Å². The third-order valence-electron chi connectivity index (χ3n) is 4.40. The summed E-state index contributed by atoms with van der Waals surface area (Å²) < 4.78 is 28.1. The molecule has 0 unspecified atom stereocenters. The van der Waals surface area contributed by atoms with Crippen LogP contribution in [0.25, 0.3) is 0 Å². The van der Waals surface area contributed by atoms with Crippen LogP contribution in [-0.4, -0.2) is 45.4 Å². The van der Waals surface area contributed by atoms with Gasteiger partial charge in [0, 0.05) is 37.4 Å². The van der Waals surface area contributed by atoms with E-state index in [1.807, 2.05) is 13.0 Å². The Kier molecular flexibility index (Phi) is 5.29. The van der Waals surface area contributed by atoms with Gasteiger partial charge in [0.1, 0.15) is 0 Å². The predicted molar refractivity (Wildman–Crippen MR) is 102 cm³/mol. The van der Waals surface area contributed by atoms with Crippen LogP contribution in [0.3, 0.4) is 0 Å². The molecule has 0 saturated carbocycles. The number of nitrogens with zero attached hydrogens (tertiary/aromatic N) is 1. The molecular weight excluding hydrogens is 350 g/mol. The summed E-state index contributed by atoms with van der Waals surface area (Å²) in [6.45, 7) is 6.45. The molecule has 0 bridgehead atoms. The normalized spacial score (nSPS) is 14.9. The van der Waals surface area contributed by atoms with E-state index >= 15 is 0 Å². The number of carbonyl (C=O) groups excluding carboxylic acids is 1. The SMILES string of the molecule is Cc1ccc(C)c(S(=O)(=O)Nc2cccc(C(=O)N3CCNCC3)c2)c1. The number of piperazine rings is 1. The van der Waals surface area contributed by atoms with Gasteiger partial charge in [-0.05, 0) is 49.2 Å². The molecule has 1 amide bonds. The van der Waals surface area contributed by atoms with E-state index in [2.05, 4.69) is 10.0 Å². The monoisotopic (exact) mass is 373 g/mol. The van der Waals surface area contributed by atoms with Gasteiger partial charge < -0.3 is 10.2 Å². The maximum atomic E-state index is 12.7. The molecule has 138 valence electrons. The van der Waals surface area contributed by atoms with E-state index in [1.54, 1.807) is 48.2 Å². The van der Waals surface area contributed by atoms with E-state index in [4.69, 9.17) is 0 Å². The average Bonchev–Trinajstić information content (AvgIpc) is 2.63. The van der Waals surface area contributed by atoms with Crippen molar-refractivity contribution in [3.05, 3.63) is 59.2 Å². The molecule has 1 aliphatic heterocycles. The highest BCUT2D eigenvalue weighted by Crippen LogP contribution is 2.21. The van der Waals surface area contributed by atoms with Crippen molar-refractivity contribution in [2.24, 2.45) is 0 Å². The molecule has 1 saturated heterocycles. The van der Waals surface area contributed by atoms with E-state index in [0.29, 0.717) is 29.9 Å². The lowest BCUT2D eigenvalue weighted by atomic mass is 10.1. The van der Waals surface area contributed by atoms with Crippen molar-refractivity contribution in [3.63, 3.8) is 0 Å². The summed E-state index contributed by atoms with van der Waals surface area (Å²) in [6, 6.07) is 11.9. The van der Waals surface area contributed by atoms with Crippen molar-refractivity contribution in [2.75, 3.05) is 30.9 Å². The van der Waals surface area contributed by atoms with Crippen LogP contribution in [0.5, 0.6) is 0 Å². The summed E-state index contributed by atoms with van der Waals surface area (Å²) in [5, 5.41) is 3.21. The first-order valence-electron chi connectivity index (χ1n) is 8.57. The number of aryl methyl sites for hydroxylation is 2. The number of rotatable bonds is 4. The second-order valence-corrected chi connectivity index (χ2v) is 8.15. The molecule has 3 rings (SSSR count). The van der Waals surface area contributed by atoms with Crippen LogP contribution in [-0.2, 0) is 10.0 Å². The van der Waals surface area contributed by atoms with Crippen LogP contribution >= 0.6 is 0 Å². The summed E-state index contributed by atoms with van der Waals surface area (Å²) in [7, 11) is -3.72. The Morgan fingerprint density at radius 2 is 1.81 bits per heavy atom. The Morgan fingerprint density at radius 1 is 1.08 bits per heavy atom. The first kappa shape index (κ1) is 18.4. The van der Waals surface area contributed by atoms with Crippen LogP contribution in [0.4, 0.5) is 5.69 Å². The molecule has 1 heterocycles. The molecule has 2 aromatic carbocycles. The van der Waals surface area contributed by atoms with Crippen molar-refractivity contribution in [1.82, 2.24) is 10.2 Å². The molecular formula is C19H23N3O3S. The zero-order valence-electron chi connectivity index (χ0n) is 15.0. The van der Waals surface area contributed by atoms with Crippen molar-refractivity contribution >= 4 is 21.6 Å². The zero-order valence-corrected chi connectivity index (χ0v) is 15.8. The van der Waals surface area contributed by atoms with Crippen molar-refractivity contribution in [1.29, 1.82) is 0 Å². The quantitative estimate of drug-likeness (QED) is 0.861. The summed E-state index contributed by atoms with van der Waals surface area (Å²) in [6.07, 6.45) is 0. The van der Waals surface area contributed by atoms with Gasteiger partial charge >= 0.3 is 0 Å². The number of hydrogen-bond donors (Lipinski definition) is 2. The van der Waals surface area contributed by atoms with Gasteiger partial charge in [-0.15, -0.1) is 0 Å². The molecule has 2 aromatic rings. The van der Waals surface area contributed by atoms with Crippen LogP contribution in [0, 0.1) is 13.8 Å². The highest BCUT2D eigenvalue weighted by Gasteiger charge is 2.20. The Morgan fingerprint density at radius 3 is 2.54 bits per heavy atom. The topological polar surface area (TPSA) is 78.5 Å². The lowest BCUT2D eigenvalue weighted by Gasteiger charge is -2.27. The molecule has 7 heteroatoms. The van der Waals surface area contributed by atoms with E-state index < -0.39 is 10.0 Å². The number of anilines is 1. The van der Waals surface area contributed by atoms with Gasteiger partial charge in [0.15, 0.2) is 0 Å². The highest BCUT2D eigenvalue weighted by molar-refractivity contribution is 7.92. The second kappa shape index (κ2) is 7.47. The molecule has 0 spiro atoms. The largest absolute Gasteiger partial charge is 0.336 e. The molecule has 0 aromatic heterocycles. The first-order chi connectivity index (χ1) is 12.4. The minimum Gasteiger partial charge on any atom is -0.336 e. The van der Waals surface area contributed by atoms with Crippen molar-refractivity contribution in [2.45, 2.75) is 18.7 Å². The molecule has 2 N–H and O–H groups in total. The van der Waals surface area contributed by atoms with Gasteiger partial charge in [-0.2, -0.15) is 0 Å². The van der Waals surface area contributed by atoms with E-state index in [1.165, 1.54) is 0 Å². The first-order valence-corrected chi connectivity index (χ1v) is 10.1. The van der Waals surface area contributed by atoms with Gasteiger partial charge in [-0.1, -0.05) is 18.2 Å². The molecule has 0 radical (unpaired) electrons. The van der Waals surface area contributed by atoms with Gasteiger partial charge in [-0.3, -0.25) is 9.52 Å². The van der Waals surface area contributed by atoms with Crippen molar-refractivity contribution < 1.29 is 13.2 Å². The number of amides is 1.